The molecule has 0 heterocycles. The minimum absolute atomic E-state index is 0.155. The molecule has 0 saturated carbocycles. The average molecular weight is 667 g/mol. The lowest BCUT2D eigenvalue weighted by Crippen LogP contribution is -2.46. The second-order valence-corrected chi connectivity index (χ2v) is 15.0. The minimum atomic E-state index is -5.72. The molecule has 0 amide bonds. The molecule has 0 saturated heterocycles. The third-order valence-electron chi connectivity index (χ3n) is 6.24. The standard InChI is InChI=1S/C26H31BrF2O7P2S/c1-18(2)11-13-36-25(12-10-21(15-24(25)37(30,31)32)20-6-4-3-5-7-20)17-39-16-19-8-9-22(23(27)14-19)26(28,29)38(33,34)35/h3-10,12,14-15,18,24H,11,13,16-17H2,1-2H3,(H2,30,31,32)(H2,33,34,35). The predicted molar refractivity (Wildman–Crippen MR) is 154 cm³/mol. The molecule has 0 radical (unpaired) electrons. The van der Waals surface area contributed by atoms with Crippen LogP contribution in [-0.4, -0.2) is 43.2 Å². The lowest BCUT2D eigenvalue weighted by atomic mass is 9.90. The zero-order chi connectivity index (χ0) is 29.1. The Kier molecular flexibility index (Phi) is 10.6. The van der Waals surface area contributed by atoms with Crippen molar-refractivity contribution in [2.75, 3.05) is 12.4 Å². The van der Waals surface area contributed by atoms with Crippen LogP contribution in [0.1, 0.15) is 37.0 Å². The fourth-order valence-electron chi connectivity index (χ4n) is 4.07. The van der Waals surface area contributed by atoms with E-state index in [0.29, 0.717) is 23.5 Å². The van der Waals surface area contributed by atoms with E-state index < -0.39 is 37.7 Å². The molecule has 0 aromatic heterocycles. The first-order valence-corrected chi connectivity index (χ1v) is 17.3. The molecule has 2 atom stereocenters. The Hall–Kier alpha value is -1.13. The highest BCUT2D eigenvalue weighted by Crippen LogP contribution is 2.60. The molecule has 214 valence electrons. The van der Waals surface area contributed by atoms with Gasteiger partial charge in [0.05, 0.1) is 0 Å². The van der Waals surface area contributed by atoms with E-state index in [9.17, 15) is 27.7 Å². The highest BCUT2D eigenvalue weighted by Gasteiger charge is 2.51. The summed E-state index contributed by atoms with van der Waals surface area (Å²) in [5.74, 6) is 0.744. The van der Waals surface area contributed by atoms with Gasteiger partial charge in [-0.25, -0.2) is 0 Å². The molecule has 3 rings (SSSR count). The van der Waals surface area contributed by atoms with E-state index in [0.717, 1.165) is 11.6 Å². The summed E-state index contributed by atoms with van der Waals surface area (Å²) in [7, 11) is -10.4. The highest BCUT2D eigenvalue weighted by atomic mass is 79.9. The summed E-state index contributed by atoms with van der Waals surface area (Å²) >= 11 is 4.29. The van der Waals surface area contributed by atoms with E-state index >= 15 is 0 Å². The Morgan fingerprint density at radius 2 is 1.77 bits per heavy atom. The monoisotopic (exact) mass is 666 g/mol. The fourth-order valence-corrected chi connectivity index (χ4v) is 7.90. The van der Waals surface area contributed by atoms with Gasteiger partial charge in [0, 0.05) is 28.1 Å². The molecule has 0 fully saturated rings. The summed E-state index contributed by atoms with van der Waals surface area (Å²) < 4.78 is 58.4. The Morgan fingerprint density at radius 1 is 1.10 bits per heavy atom. The third kappa shape index (κ3) is 8.00. The number of alkyl halides is 2. The Morgan fingerprint density at radius 3 is 2.33 bits per heavy atom. The van der Waals surface area contributed by atoms with Crippen LogP contribution < -0.4 is 0 Å². The first kappa shape index (κ1) is 32.4. The van der Waals surface area contributed by atoms with Crippen LogP contribution in [0.15, 0.2) is 71.2 Å². The van der Waals surface area contributed by atoms with Crippen molar-refractivity contribution >= 4 is 48.5 Å². The summed E-state index contributed by atoms with van der Waals surface area (Å²) in [6.07, 6.45) is 5.74. The first-order valence-electron chi connectivity index (χ1n) is 12.0. The average Bonchev–Trinajstić information content (AvgIpc) is 2.83. The van der Waals surface area contributed by atoms with Crippen molar-refractivity contribution in [1.82, 2.24) is 0 Å². The highest BCUT2D eigenvalue weighted by molar-refractivity contribution is 9.10. The van der Waals surface area contributed by atoms with Gasteiger partial charge in [0.25, 0.3) is 0 Å². The van der Waals surface area contributed by atoms with E-state index in [2.05, 4.69) is 15.9 Å². The molecule has 2 unspecified atom stereocenters. The van der Waals surface area contributed by atoms with Gasteiger partial charge in [-0.3, -0.25) is 9.13 Å². The van der Waals surface area contributed by atoms with Crippen LogP contribution >= 0.6 is 42.9 Å². The maximum Gasteiger partial charge on any atom is 0.399 e. The third-order valence-corrected chi connectivity index (χ3v) is 10.4. The van der Waals surface area contributed by atoms with Crippen LogP contribution in [0.25, 0.3) is 5.57 Å². The maximum atomic E-state index is 14.2. The second kappa shape index (κ2) is 12.8. The summed E-state index contributed by atoms with van der Waals surface area (Å²) in [6, 6.07) is 12.9. The Labute approximate surface area is 239 Å². The summed E-state index contributed by atoms with van der Waals surface area (Å²) in [5.41, 5.74) is -5.69. The molecule has 2 aromatic rings. The van der Waals surface area contributed by atoms with Gasteiger partial charge in [0.2, 0.25) is 0 Å². The quantitative estimate of drug-likeness (QED) is 0.180. The number of ether oxygens (including phenoxy) is 1. The summed E-state index contributed by atoms with van der Waals surface area (Å²) in [6.45, 7) is 4.32. The SMILES string of the molecule is CC(C)CCOC1(CSCc2ccc(C(F)(F)P(=O)(O)O)c(Br)c2)C=CC(c2ccccc2)=CC1P(=O)(O)O. The van der Waals surface area contributed by atoms with Crippen molar-refractivity contribution in [3.63, 3.8) is 0 Å². The topological polar surface area (TPSA) is 124 Å². The van der Waals surface area contributed by atoms with Crippen molar-refractivity contribution in [3.8, 4) is 0 Å². The van der Waals surface area contributed by atoms with Crippen LogP contribution in [0.5, 0.6) is 0 Å². The van der Waals surface area contributed by atoms with E-state index in [1.54, 1.807) is 18.2 Å². The molecule has 4 N–H and O–H groups in total. The van der Waals surface area contributed by atoms with Crippen molar-refractivity contribution in [2.24, 2.45) is 5.92 Å². The molecule has 0 spiro atoms. The molecule has 1 aliphatic carbocycles. The lowest BCUT2D eigenvalue weighted by molar-refractivity contribution is 0.00395. The number of benzene rings is 2. The molecule has 13 heteroatoms. The number of rotatable bonds is 12. The van der Waals surface area contributed by atoms with Gasteiger partial charge in [-0.2, -0.15) is 20.5 Å². The van der Waals surface area contributed by atoms with E-state index in [-0.39, 0.29) is 22.6 Å². The molecule has 0 bridgehead atoms. The maximum absolute atomic E-state index is 14.2. The molecule has 39 heavy (non-hydrogen) atoms. The van der Waals surface area contributed by atoms with Crippen molar-refractivity contribution < 1.29 is 42.2 Å². The minimum Gasteiger partial charge on any atom is -0.369 e. The molecule has 7 nitrogen and oxygen atoms in total. The molecule has 2 aromatic carbocycles. The van der Waals surface area contributed by atoms with E-state index in [1.807, 2.05) is 44.2 Å². The van der Waals surface area contributed by atoms with Crippen LogP contribution in [0.2, 0.25) is 0 Å². The largest absolute Gasteiger partial charge is 0.399 e. The first-order chi connectivity index (χ1) is 18.1. The Bertz CT molecular complexity index is 1310. The lowest BCUT2D eigenvalue weighted by Gasteiger charge is -2.39. The smallest absolute Gasteiger partial charge is 0.369 e. The number of hydrogen-bond acceptors (Lipinski definition) is 4. The van der Waals surface area contributed by atoms with Crippen molar-refractivity contribution in [2.45, 2.75) is 42.9 Å². The normalized spacial score (nSPS) is 20.4. The molecule has 0 aliphatic heterocycles. The van der Waals surface area contributed by atoms with E-state index in [4.69, 9.17) is 14.5 Å². The number of halogens is 3. The van der Waals surface area contributed by atoms with Gasteiger partial charge < -0.3 is 24.3 Å². The zero-order valence-corrected chi connectivity index (χ0v) is 25.5. The molecule has 1 aliphatic rings. The summed E-state index contributed by atoms with van der Waals surface area (Å²) in [5, 5.41) is 0. The molecular weight excluding hydrogens is 636 g/mol. The summed E-state index contributed by atoms with van der Waals surface area (Å²) in [4.78, 5) is 38.8. The number of hydrogen-bond donors (Lipinski definition) is 4. The van der Waals surface area contributed by atoms with Crippen LogP contribution in [-0.2, 0) is 25.3 Å². The predicted octanol–water partition coefficient (Wildman–Crippen LogP) is 6.91. The van der Waals surface area contributed by atoms with Gasteiger partial charge >= 0.3 is 20.9 Å². The van der Waals surface area contributed by atoms with Crippen LogP contribution in [0.3, 0.4) is 0 Å². The van der Waals surface area contributed by atoms with Gasteiger partial charge in [0.1, 0.15) is 11.3 Å². The number of allylic oxidation sites excluding steroid dienone is 2. The van der Waals surface area contributed by atoms with Gasteiger partial charge in [-0.15, -0.1) is 0 Å². The second-order valence-electron chi connectivity index (χ2n) is 9.73. The van der Waals surface area contributed by atoms with Crippen LogP contribution in [0.4, 0.5) is 8.78 Å². The van der Waals surface area contributed by atoms with Gasteiger partial charge in [0.15, 0.2) is 0 Å². The van der Waals surface area contributed by atoms with Crippen LogP contribution in [0, 0.1) is 5.92 Å². The van der Waals surface area contributed by atoms with Crippen molar-refractivity contribution in [3.05, 3.63) is 87.9 Å². The zero-order valence-electron chi connectivity index (χ0n) is 21.3. The molecular formula is C26H31BrF2O7P2S. The van der Waals surface area contributed by atoms with E-state index in [1.165, 1.54) is 23.9 Å². The van der Waals surface area contributed by atoms with Gasteiger partial charge in [-0.1, -0.05) is 90.5 Å². The number of thioether (sulfide) groups is 1. The van der Waals surface area contributed by atoms with Gasteiger partial charge in [-0.05, 0) is 35.1 Å². The van der Waals surface area contributed by atoms with Crippen molar-refractivity contribution in [1.29, 1.82) is 0 Å². The Balaban J connectivity index is 1.87. The fraction of sp³-hybridized carbons (Fsp3) is 0.385.